The van der Waals surface area contributed by atoms with E-state index in [0.717, 1.165) is 45.7 Å². The first-order valence-corrected chi connectivity index (χ1v) is 4.79. The lowest BCUT2D eigenvalue weighted by atomic mass is 10.2. The summed E-state index contributed by atoms with van der Waals surface area (Å²) in [5.74, 6) is -0.943. The summed E-state index contributed by atoms with van der Waals surface area (Å²) in [6.45, 7) is 4.55. The van der Waals surface area contributed by atoms with E-state index in [1.807, 2.05) is 0 Å². The van der Waals surface area contributed by atoms with Gasteiger partial charge in [0.25, 0.3) is 0 Å². The van der Waals surface area contributed by atoms with E-state index < -0.39 is 5.97 Å². The van der Waals surface area contributed by atoms with E-state index in [-0.39, 0.29) is 6.42 Å². The van der Waals surface area contributed by atoms with Crippen molar-refractivity contribution in [2.45, 2.75) is 19.3 Å². The van der Waals surface area contributed by atoms with Crippen LogP contribution >= 0.6 is 0 Å². The second-order valence-corrected chi connectivity index (χ2v) is 3.28. The van der Waals surface area contributed by atoms with Gasteiger partial charge in [-0.05, 0) is 19.4 Å². The maximum atomic E-state index is 10.1. The molecule has 0 aliphatic carbocycles. The second-order valence-electron chi connectivity index (χ2n) is 3.28. The third kappa shape index (κ3) is 4.85. The van der Waals surface area contributed by atoms with Gasteiger partial charge >= 0.3 is 5.97 Å². The van der Waals surface area contributed by atoms with Crippen LogP contribution in [0.1, 0.15) is 19.3 Å². The molecule has 4 heteroatoms. The Balaban J connectivity index is 1.95. The molecule has 0 aromatic rings. The summed E-state index contributed by atoms with van der Waals surface area (Å²) in [5, 5.41) is 10.1. The highest BCUT2D eigenvalue weighted by atomic mass is 16.5. The van der Waals surface area contributed by atoms with Gasteiger partial charge in [-0.15, -0.1) is 0 Å². The maximum Gasteiger partial charge on any atom is 0.355 e. The number of carbonyl (C=O) groups excluding carboxylic acids is 1. The van der Waals surface area contributed by atoms with Crippen molar-refractivity contribution in [3.05, 3.63) is 0 Å². The highest BCUT2D eigenvalue weighted by Crippen LogP contribution is 2.01. The molecule has 75 valence electrons. The Labute approximate surface area is 78.5 Å². The van der Waals surface area contributed by atoms with Crippen LogP contribution in [-0.2, 0) is 14.6 Å². The summed E-state index contributed by atoms with van der Waals surface area (Å²) < 4.78 is 5.20. The molecule has 0 aromatic heterocycles. The molecule has 13 heavy (non-hydrogen) atoms. The van der Waals surface area contributed by atoms with Gasteiger partial charge in [0.05, 0.1) is 19.6 Å². The quantitative estimate of drug-likeness (QED) is 0.585. The molecule has 1 saturated heterocycles. The zero-order valence-corrected chi connectivity index (χ0v) is 7.83. The number of hydrogen-bond donors (Lipinski definition) is 0. The highest BCUT2D eigenvalue weighted by Gasteiger charge is 2.09. The summed E-state index contributed by atoms with van der Waals surface area (Å²) in [4.78, 5) is 12.4. The van der Waals surface area contributed by atoms with E-state index in [2.05, 4.69) is 4.90 Å². The molecule has 1 fully saturated rings. The van der Waals surface area contributed by atoms with Crippen molar-refractivity contribution in [1.29, 1.82) is 0 Å². The van der Waals surface area contributed by atoms with Crippen molar-refractivity contribution in [2.75, 3.05) is 32.8 Å². The zero-order valence-electron chi connectivity index (χ0n) is 7.83. The third-order valence-electron chi connectivity index (χ3n) is 2.21. The Kier molecular flexibility index (Phi) is 4.78. The number of carbonyl (C=O) groups is 1. The lowest BCUT2D eigenvalue weighted by molar-refractivity contribution is -0.143. The molecular formula is C9H16NO3. The van der Waals surface area contributed by atoms with E-state index in [0.29, 0.717) is 0 Å². The molecule has 1 rings (SSSR count). The molecule has 0 bridgehead atoms. The van der Waals surface area contributed by atoms with Crippen LogP contribution < -0.4 is 0 Å². The summed E-state index contributed by atoms with van der Waals surface area (Å²) in [7, 11) is 0. The van der Waals surface area contributed by atoms with Crippen LogP contribution in [0.25, 0.3) is 0 Å². The second kappa shape index (κ2) is 5.94. The molecule has 0 amide bonds. The molecule has 1 aliphatic heterocycles. The molecule has 0 saturated carbocycles. The van der Waals surface area contributed by atoms with Gasteiger partial charge in [-0.2, -0.15) is 0 Å². The van der Waals surface area contributed by atoms with E-state index >= 15 is 0 Å². The minimum atomic E-state index is -0.943. The SMILES string of the molecule is [O]C(=O)CCCCN1CCOCC1. The van der Waals surface area contributed by atoms with Crippen LogP contribution in [0.3, 0.4) is 0 Å². The Morgan fingerprint density at radius 2 is 1.92 bits per heavy atom. The van der Waals surface area contributed by atoms with Gasteiger partial charge in [0.2, 0.25) is 0 Å². The Bertz CT molecular complexity index is 155. The van der Waals surface area contributed by atoms with Crippen LogP contribution in [0.15, 0.2) is 0 Å². The van der Waals surface area contributed by atoms with Crippen molar-refractivity contribution < 1.29 is 14.6 Å². The molecule has 1 heterocycles. The number of nitrogens with zero attached hydrogens (tertiary/aromatic N) is 1. The third-order valence-corrected chi connectivity index (χ3v) is 2.21. The van der Waals surface area contributed by atoms with Crippen LogP contribution in [0.4, 0.5) is 0 Å². The van der Waals surface area contributed by atoms with E-state index in [1.165, 1.54) is 0 Å². The van der Waals surface area contributed by atoms with Crippen molar-refractivity contribution in [1.82, 2.24) is 4.90 Å². The van der Waals surface area contributed by atoms with Crippen molar-refractivity contribution >= 4 is 5.97 Å². The summed E-state index contributed by atoms with van der Waals surface area (Å²) in [5.41, 5.74) is 0. The van der Waals surface area contributed by atoms with Gasteiger partial charge in [0, 0.05) is 13.1 Å². The number of unbranched alkanes of at least 4 members (excludes halogenated alkanes) is 1. The average molecular weight is 186 g/mol. The van der Waals surface area contributed by atoms with E-state index in [9.17, 15) is 9.90 Å². The molecule has 1 aliphatic rings. The first-order valence-electron chi connectivity index (χ1n) is 4.79. The fraction of sp³-hybridized carbons (Fsp3) is 0.889. The standard InChI is InChI=1S/C9H16NO3/c11-9(12)3-1-2-4-10-5-7-13-8-6-10/h1-8H2. The summed E-state index contributed by atoms with van der Waals surface area (Å²) in [6.07, 6.45) is 1.85. The Hall–Kier alpha value is -0.610. The van der Waals surface area contributed by atoms with E-state index in [1.54, 1.807) is 0 Å². The van der Waals surface area contributed by atoms with Gasteiger partial charge in [-0.1, -0.05) is 0 Å². The molecule has 0 atom stereocenters. The monoisotopic (exact) mass is 186 g/mol. The molecular weight excluding hydrogens is 170 g/mol. The van der Waals surface area contributed by atoms with Crippen LogP contribution in [-0.4, -0.2) is 43.7 Å². The van der Waals surface area contributed by atoms with Gasteiger partial charge < -0.3 is 4.74 Å². The predicted molar refractivity (Wildman–Crippen MR) is 46.8 cm³/mol. The largest absolute Gasteiger partial charge is 0.379 e. The van der Waals surface area contributed by atoms with Gasteiger partial charge in [0.1, 0.15) is 0 Å². The number of rotatable bonds is 5. The smallest absolute Gasteiger partial charge is 0.355 e. The van der Waals surface area contributed by atoms with Gasteiger partial charge in [-0.3, -0.25) is 4.90 Å². The molecule has 1 radical (unpaired) electrons. The molecule has 0 spiro atoms. The lowest BCUT2D eigenvalue weighted by Crippen LogP contribution is -2.36. The number of morpholine rings is 1. The zero-order chi connectivity index (χ0) is 9.52. The topological polar surface area (TPSA) is 49.4 Å². The predicted octanol–water partition coefficient (Wildman–Crippen LogP) is 0.446. The van der Waals surface area contributed by atoms with Crippen LogP contribution in [0.2, 0.25) is 0 Å². The Morgan fingerprint density at radius 1 is 1.23 bits per heavy atom. The summed E-state index contributed by atoms with van der Waals surface area (Å²) in [6, 6.07) is 0. The van der Waals surface area contributed by atoms with Crippen molar-refractivity contribution in [3.63, 3.8) is 0 Å². The number of ether oxygens (including phenoxy) is 1. The van der Waals surface area contributed by atoms with Crippen LogP contribution in [0, 0.1) is 0 Å². The lowest BCUT2D eigenvalue weighted by Gasteiger charge is -2.26. The molecule has 0 unspecified atom stereocenters. The summed E-state index contributed by atoms with van der Waals surface area (Å²) >= 11 is 0. The van der Waals surface area contributed by atoms with Crippen molar-refractivity contribution in [3.8, 4) is 0 Å². The highest BCUT2D eigenvalue weighted by molar-refractivity contribution is 5.66. The van der Waals surface area contributed by atoms with Gasteiger partial charge in [0.15, 0.2) is 0 Å². The minimum Gasteiger partial charge on any atom is -0.379 e. The first-order chi connectivity index (χ1) is 6.29. The Morgan fingerprint density at radius 3 is 2.54 bits per heavy atom. The molecule has 0 N–H and O–H groups in total. The maximum absolute atomic E-state index is 10.1. The minimum absolute atomic E-state index is 0.185. The first kappa shape index (κ1) is 10.5. The average Bonchev–Trinajstić information content (AvgIpc) is 2.14. The van der Waals surface area contributed by atoms with Crippen molar-refractivity contribution in [2.24, 2.45) is 0 Å². The normalized spacial score (nSPS) is 18.8. The molecule has 0 aromatic carbocycles. The van der Waals surface area contributed by atoms with E-state index in [4.69, 9.17) is 4.74 Å². The number of hydrogen-bond acceptors (Lipinski definition) is 3. The fourth-order valence-corrected chi connectivity index (χ4v) is 1.43. The van der Waals surface area contributed by atoms with Crippen LogP contribution in [0.5, 0.6) is 0 Å². The van der Waals surface area contributed by atoms with Gasteiger partial charge in [-0.25, -0.2) is 9.90 Å². The fourth-order valence-electron chi connectivity index (χ4n) is 1.43. The molecule has 4 nitrogen and oxygen atoms in total.